The highest BCUT2D eigenvalue weighted by atomic mass is 32.1. The fraction of sp³-hybridized carbons (Fsp3) is 0.0526. The van der Waals surface area contributed by atoms with Crippen molar-refractivity contribution in [3.05, 3.63) is 81.6 Å². The lowest BCUT2D eigenvalue weighted by atomic mass is 10.2. The molecule has 2 aromatic carbocycles. The molecular formula is C19H14N2O2S. The van der Waals surface area contributed by atoms with Gasteiger partial charge in [-0.3, -0.25) is 4.79 Å². The van der Waals surface area contributed by atoms with E-state index in [0.29, 0.717) is 11.1 Å². The van der Waals surface area contributed by atoms with E-state index in [4.69, 9.17) is 4.74 Å². The molecule has 0 amide bonds. The molecule has 0 bridgehead atoms. The lowest BCUT2D eigenvalue weighted by Crippen LogP contribution is -2.22. The zero-order valence-corrected chi connectivity index (χ0v) is 13.6. The molecule has 4 rings (SSSR count). The van der Waals surface area contributed by atoms with E-state index in [1.807, 2.05) is 54.6 Å². The summed E-state index contributed by atoms with van der Waals surface area (Å²) in [5.41, 5.74) is 2.61. The molecule has 0 aliphatic heterocycles. The molecule has 0 spiro atoms. The van der Waals surface area contributed by atoms with Crippen LogP contribution in [0.1, 0.15) is 5.56 Å². The lowest BCUT2D eigenvalue weighted by molar-refractivity contribution is 0.363. The van der Waals surface area contributed by atoms with Crippen LogP contribution in [-0.2, 0) is 0 Å². The van der Waals surface area contributed by atoms with Gasteiger partial charge in [-0.2, -0.15) is 0 Å². The van der Waals surface area contributed by atoms with Crippen molar-refractivity contribution in [3.8, 4) is 5.75 Å². The first-order valence-corrected chi connectivity index (χ1v) is 8.33. The fourth-order valence-corrected chi connectivity index (χ4v) is 3.57. The van der Waals surface area contributed by atoms with Crippen LogP contribution in [0.5, 0.6) is 5.75 Å². The van der Waals surface area contributed by atoms with Crippen LogP contribution in [0, 0.1) is 0 Å². The summed E-state index contributed by atoms with van der Waals surface area (Å²) in [5, 5.41) is 0. The molecule has 0 radical (unpaired) electrons. The molecule has 0 saturated heterocycles. The van der Waals surface area contributed by atoms with E-state index in [9.17, 15) is 4.79 Å². The van der Waals surface area contributed by atoms with Gasteiger partial charge in [0.05, 0.1) is 15.6 Å². The molecule has 0 unspecified atom stereocenters. The maximum absolute atomic E-state index is 12.7. The maximum atomic E-state index is 12.7. The first-order chi connectivity index (χ1) is 11.8. The predicted molar refractivity (Wildman–Crippen MR) is 97.8 cm³/mol. The molecular weight excluding hydrogens is 320 g/mol. The number of nitrogens with zero attached hydrogens (tertiary/aromatic N) is 2. The summed E-state index contributed by atoms with van der Waals surface area (Å²) in [6.45, 7) is 4.10. The first-order valence-electron chi connectivity index (χ1n) is 7.52. The third kappa shape index (κ3) is 2.49. The highest BCUT2D eigenvalue weighted by molar-refractivity contribution is 7.15. The Hall–Kier alpha value is -2.92. The van der Waals surface area contributed by atoms with Crippen molar-refractivity contribution < 1.29 is 4.74 Å². The summed E-state index contributed by atoms with van der Waals surface area (Å²) in [6.07, 6.45) is 3.59. The minimum atomic E-state index is -0.0318. The maximum Gasteiger partial charge on any atom is 0.274 e. The van der Waals surface area contributed by atoms with E-state index in [0.717, 1.165) is 27.3 Å². The zero-order chi connectivity index (χ0) is 16.5. The average molecular weight is 334 g/mol. The molecule has 0 aliphatic rings. The summed E-state index contributed by atoms with van der Waals surface area (Å²) in [4.78, 5) is 17.9. The number of fused-ring (bicyclic) bond motifs is 3. The number of benzene rings is 2. The van der Waals surface area contributed by atoms with Gasteiger partial charge in [-0.15, -0.1) is 0 Å². The molecule has 0 atom stereocenters. The second kappa shape index (κ2) is 5.94. The Morgan fingerprint density at radius 3 is 2.75 bits per heavy atom. The largest absolute Gasteiger partial charge is 0.490 e. The van der Waals surface area contributed by atoms with Crippen molar-refractivity contribution in [2.75, 3.05) is 6.61 Å². The Labute approximate surface area is 142 Å². The Balaban J connectivity index is 1.78. The molecule has 0 aliphatic carbocycles. The molecule has 0 N–H and O–H groups in total. The standard InChI is InChI=1S/C19H14N2O2S/c1-2-11-23-14-9-7-13(8-10-14)12-17-18(22)21-16-6-4-3-5-15(16)20-19(21)24-17/h2-10,12H,1,11H2. The van der Waals surface area contributed by atoms with Crippen LogP contribution in [0.3, 0.4) is 0 Å². The second-order valence-electron chi connectivity index (χ2n) is 5.30. The molecule has 118 valence electrons. The second-order valence-corrected chi connectivity index (χ2v) is 6.31. The smallest absolute Gasteiger partial charge is 0.274 e. The Bertz CT molecular complexity index is 1140. The minimum Gasteiger partial charge on any atom is -0.490 e. The Morgan fingerprint density at radius 1 is 1.17 bits per heavy atom. The highest BCUT2D eigenvalue weighted by Crippen LogP contribution is 2.16. The zero-order valence-electron chi connectivity index (χ0n) is 12.8. The van der Waals surface area contributed by atoms with Gasteiger partial charge in [-0.1, -0.05) is 48.3 Å². The molecule has 0 fully saturated rings. The van der Waals surface area contributed by atoms with Gasteiger partial charge in [0.2, 0.25) is 0 Å². The predicted octanol–water partition coefficient (Wildman–Crippen LogP) is 3.02. The normalized spacial score (nSPS) is 12.1. The van der Waals surface area contributed by atoms with Crippen LogP contribution >= 0.6 is 11.3 Å². The van der Waals surface area contributed by atoms with Crippen LogP contribution in [0.2, 0.25) is 0 Å². The van der Waals surface area contributed by atoms with Crippen molar-refractivity contribution in [2.45, 2.75) is 0 Å². The summed E-state index contributed by atoms with van der Waals surface area (Å²) < 4.78 is 7.81. The minimum absolute atomic E-state index is 0.0318. The van der Waals surface area contributed by atoms with Crippen LogP contribution in [0.15, 0.2) is 66.0 Å². The molecule has 0 saturated carbocycles. The van der Waals surface area contributed by atoms with Gasteiger partial charge in [0.25, 0.3) is 5.56 Å². The summed E-state index contributed by atoms with van der Waals surface area (Å²) in [6, 6.07) is 15.3. The van der Waals surface area contributed by atoms with Gasteiger partial charge < -0.3 is 4.74 Å². The van der Waals surface area contributed by atoms with Crippen molar-refractivity contribution >= 4 is 33.4 Å². The van der Waals surface area contributed by atoms with Crippen LogP contribution < -0.4 is 14.8 Å². The van der Waals surface area contributed by atoms with Gasteiger partial charge in [-0.05, 0) is 35.9 Å². The molecule has 2 heterocycles. The monoisotopic (exact) mass is 334 g/mol. The van der Waals surface area contributed by atoms with E-state index < -0.39 is 0 Å². The topological polar surface area (TPSA) is 43.6 Å². The molecule has 2 aromatic heterocycles. The lowest BCUT2D eigenvalue weighted by Gasteiger charge is -2.02. The summed E-state index contributed by atoms with van der Waals surface area (Å²) in [7, 11) is 0. The van der Waals surface area contributed by atoms with Crippen molar-refractivity contribution in [1.82, 2.24) is 9.38 Å². The summed E-state index contributed by atoms with van der Waals surface area (Å²) >= 11 is 1.40. The quantitative estimate of drug-likeness (QED) is 0.539. The van der Waals surface area contributed by atoms with Crippen molar-refractivity contribution in [2.24, 2.45) is 0 Å². The van der Waals surface area contributed by atoms with E-state index in [2.05, 4.69) is 11.6 Å². The Morgan fingerprint density at radius 2 is 1.96 bits per heavy atom. The molecule has 4 aromatic rings. The van der Waals surface area contributed by atoms with Gasteiger partial charge in [0, 0.05) is 0 Å². The number of aromatic nitrogens is 2. The highest BCUT2D eigenvalue weighted by Gasteiger charge is 2.10. The third-order valence-corrected chi connectivity index (χ3v) is 4.66. The first kappa shape index (κ1) is 14.7. The number of imidazole rings is 1. The number of hydrogen-bond donors (Lipinski definition) is 0. The van der Waals surface area contributed by atoms with E-state index in [1.165, 1.54) is 11.3 Å². The SMILES string of the molecule is C=CCOc1ccc(C=c2sc3nc4ccccc4n3c2=O)cc1. The number of ether oxygens (including phenoxy) is 1. The van der Waals surface area contributed by atoms with Gasteiger partial charge in [0.15, 0.2) is 4.96 Å². The number of hydrogen-bond acceptors (Lipinski definition) is 4. The summed E-state index contributed by atoms with van der Waals surface area (Å²) in [5.74, 6) is 0.779. The van der Waals surface area contributed by atoms with Gasteiger partial charge in [0.1, 0.15) is 12.4 Å². The fourth-order valence-electron chi connectivity index (χ4n) is 2.58. The third-order valence-electron chi connectivity index (χ3n) is 3.69. The molecule has 5 heteroatoms. The average Bonchev–Trinajstić information content (AvgIpc) is 3.11. The van der Waals surface area contributed by atoms with E-state index >= 15 is 0 Å². The molecule has 4 nitrogen and oxygen atoms in total. The molecule has 24 heavy (non-hydrogen) atoms. The van der Waals surface area contributed by atoms with E-state index in [-0.39, 0.29) is 5.56 Å². The van der Waals surface area contributed by atoms with Gasteiger partial charge >= 0.3 is 0 Å². The van der Waals surface area contributed by atoms with Gasteiger partial charge in [-0.25, -0.2) is 9.38 Å². The van der Waals surface area contributed by atoms with Crippen LogP contribution in [0.25, 0.3) is 22.1 Å². The van der Waals surface area contributed by atoms with Crippen LogP contribution in [0.4, 0.5) is 0 Å². The number of rotatable bonds is 4. The van der Waals surface area contributed by atoms with Crippen molar-refractivity contribution in [3.63, 3.8) is 0 Å². The number of thiazole rings is 1. The van der Waals surface area contributed by atoms with Crippen LogP contribution in [-0.4, -0.2) is 16.0 Å². The number of para-hydroxylation sites is 2. The van der Waals surface area contributed by atoms with Crippen molar-refractivity contribution in [1.29, 1.82) is 0 Å². The Kier molecular flexibility index (Phi) is 3.63. The van der Waals surface area contributed by atoms with E-state index in [1.54, 1.807) is 10.5 Å².